The molecule has 1 heterocycles. The molecule has 1 aliphatic rings. The number of hydrogen-bond donors (Lipinski definition) is 3. The lowest BCUT2D eigenvalue weighted by atomic mass is 10.1. The molecule has 7 nitrogen and oxygen atoms in total. The first kappa shape index (κ1) is 20.7. The fraction of sp³-hybridized carbons (Fsp3) is 0.364. The summed E-state index contributed by atoms with van der Waals surface area (Å²) < 4.78 is 0. The Morgan fingerprint density at radius 1 is 0.966 bits per heavy atom. The number of carbonyl (C=O) groups is 2. The van der Waals surface area contributed by atoms with Gasteiger partial charge in [0, 0.05) is 31.9 Å². The number of hydrogen-bond acceptors (Lipinski definition) is 5. The van der Waals surface area contributed by atoms with Gasteiger partial charge in [-0.2, -0.15) is 0 Å². The van der Waals surface area contributed by atoms with E-state index < -0.39 is 0 Å². The van der Waals surface area contributed by atoms with Crippen molar-refractivity contribution in [2.45, 2.75) is 13.8 Å². The molecule has 0 radical (unpaired) electrons. The fourth-order valence-electron chi connectivity index (χ4n) is 3.40. The molecule has 0 unspecified atom stereocenters. The maximum Gasteiger partial charge on any atom is 0.243 e. The van der Waals surface area contributed by atoms with Crippen LogP contribution >= 0.6 is 0 Å². The zero-order valence-electron chi connectivity index (χ0n) is 16.9. The van der Waals surface area contributed by atoms with Crippen molar-refractivity contribution >= 4 is 23.2 Å². The molecular formula is C22H28N4O3. The maximum absolute atomic E-state index is 12.2. The zero-order valence-corrected chi connectivity index (χ0v) is 16.9. The molecule has 0 aromatic heterocycles. The Balaban J connectivity index is 1.41. The number of benzene rings is 2. The van der Waals surface area contributed by atoms with E-state index in [2.05, 4.69) is 20.4 Å². The van der Waals surface area contributed by atoms with Gasteiger partial charge in [0.1, 0.15) is 5.75 Å². The van der Waals surface area contributed by atoms with E-state index in [0.717, 1.165) is 48.7 Å². The SMILES string of the molecule is Cc1cccc(NC(=O)CNC(=O)CN2CCN(c3ccccc3O)CC2)c1C. The summed E-state index contributed by atoms with van der Waals surface area (Å²) in [7, 11) is 0. The van der Waals surface area contributed by atoms with E-state index in [0.29, 0.717) is 0 Å². The largest absolute Gasteiger partial charge is 0.506 e. The Labute approximate surface area is 171 Å². The first-order chi connectivity index (χ1) is 13.9. The van der Waals surface area contributed by atoms with Crippen molar-refractivity contribution in [2.75, 3.05) is 49.5 Å². The summed E-state index contributed by atoms with van der Waals surface area (Å²) in [6, 6.07) is 13.0. The van der Waals surface area contributed by atoms with Crippen molar-refractivity contribution < 1.29 is 14.7 Å². The zero-order chi connectivity index (χ0) is 20.8. The van der Waals surface area contributed by atoms with Crippen molar-refractivity contribution in [2.24, 2.45) is 0 Å². The number of amides is 2. The molecule has 3 N–H and O–H groups in total. The van der Waals surface area contributed by atoms with Crippen LogP contribution in [0.3, 0.4) is 0 Å². The monoisotopic (exact) mass is 396 g/mol. The number of rotatable bonds is 6. The molecule has 2 aromatic rings. The number of phenols is 1. The molecule has 0 bridgehead atoms. The minimum Gasteiger partial charge on any atom is -0.506 e. The molecule has 2 amide bonds. The smallest absolute Gasteiger partial charge is 0.243 e. The number of phenolic OH excluding ortho intramolecular Hbond substituents is 1. The second-order valence-corrected chi connectivity index (χ2v) is 7.32. The van der Waals surface area contributed by atoms with Gasteiger partial charge in [-0.25, -0.2) is 0 Å². The summed E-state index contributed by atoms with van der Waals surface area (Å²) in [6.07, 6.45) is 0. The predicted octanol–water partition coefficient (Wildman–Crippen LogP) is 1.89. The van der Waals surface area contributed by atoms with Crippen LogP contribution in [0.15, 0.2) is 42.5 Å². The summed E-state index contributed by atoms with van der Waals surface area (Å²) >= 11 is 0. The number of aromatic hydroxyl groups is 1. The van der Waals surface area contributed by atoms with Gasteiger partial charge in [-0.05, 0) is 43.2 Å². The number of para-hydroxylation sites is 2. The van der Waals surface area contributed by atoms with E-state index >= 15 is 0 Å². The van der Waals surface area contributed by atoms with Crippen molar-refractivity contribution in [3.8, 4) is 5.75 Å². The Hall–Kier alpha value is -3.06. The van der Waals surface area contributed by atoms with Gasteiger partial charge in [-0.15, -0.1) is 0 Å². The highest BCUT2D eigenvalue weighted by Gasteiger charge is 2.20. The lowest BCUT2D eigenvalue weighted by Gasteiger charge is -2.35. The number of carbonyl (C=O) groups excluding carboxylic acids is 2. The minimum absolute atomic E-state index is 0.0515. The van der Waals surface area contributed by atoms with E-state index in [1.807, 2.05) is 44.2 Å². The van der Waals surface area contributed by atoms with Gasteiger partial charge in [0.05, 0.1) is 18.8 Å². The van der Waals surface area contributed by atoms with Crippen LogP contribution in [0.4, 0.5) is 11.4 Å². The average molecular weight is 396 g/mol. The average Bonchev–Trinajstić information content (AvgIpc) is 2.71. The Morgan fingerprint density at radius 3 is 2.41 bits per heavy atom. The molecule has 0 aliphatic carbocycles. The van der Waals surface area contributed by atoms with Crippen molar-refractivity contribution in [3.63, 3.8) is 0 Å². The lowest BCUT2D eigenvalue weighted by molar-refractivity contribution is -0.125. The molecule has 0 atom stereocenters. The van der Waals surface area contributed by atoms with Gasteiger partial charge < -0.3 is 20.6 Å². The fourth-order valence-corrected chi connectivity index (χ4v) is 3.40. The molecule has 0 spiro atoms. The predicted molar refractivity (Wildman–Crippen MR) is 114 cm³/mol. The second kappa shape index (κ2) is 9.43. The number of aryl methyl sites for hydroxylation is 1. The molecular weight excluding hydrogens is 368 g/mol. The van der Waals surface area contributed by atoms with Crippen LogP contribution in [-0.2, 0) is 9.59 Å². The van der Waals surface area contributed by atoms with Gasteiger partial charge in [0.25, 0.3) is 0 Å². The van der Waals surface area contributed by atoms with Gasteiger partial charge in [0.2, 0.25) is 11.8 Å². The highest BCUT2D eigenvalue weighted by Crippen LogP contribution is 2.27. The normalized spacial score (nSPS) is 14.5. The van der Waals surface area contributed by atoms with E-state index in [1.54, 1.807) is 12.1 Å². The minimum atomic E-state index is -0.239. The Morgan fingerprint density at radius 2 is 1.69 bits per heavy atom. The van der Waals surface area contributed by atoms with Crippen LogP contribution in [0.2, 0.25) is 0 Å². The van der Waals surface area contributed by atoms with Crippen molar-refractivity contribution in [1.29, 1.82) is 0 Å². The highest BCUT2D eigenvalue weighted by atomic mass is 16.3. The first-order valence-corrected chi connectivity index (χ1v) is 9.82. The summed E-state index contributed by atoms with van der Waals surface area (Å²) in [6.45, 7) is 7.06. The third-order valence-corrected chi connectivity index (χ3v) is 5.29. The molecule has 3 rings (SSSR count). The molecule has 154 valence electrons. The Bertz CT molecular complexity index is 876. The van der Waals surface area contributed by atoms with Gasteiger partial charge in [0.15, 0.2) is 0 Å². The number of nitrogens with one attached hydrogen (secondary N) is 2. The summed E-state index contributed by atoms with van der Waals surface area (Å²) in [5, 5.41) is 15.5. The summed E-state index contributed by atoms with van der Waals surface area (Å²) in [5.74, 6) is -0.137. The third-order valence-electron chi connectivity index (χ3n) is 5.29. The number of nitrogens with zero attached hydrogens (tertiary/aromatic N) is 2. The summed E-state index contributed by atoms with van der Waals surface area (Å²) in [4.78, 5) is 28.5. The molecule has 1 saturated heterocycles. The number of anilines is 2. The van der Waals surface area contributed by atoms with Crippen molar-refractivity contribution in [1.82, 2.24) is 10.2 Å². The summed E-state index contributed by atoms with van der Waals surface area (Å²) in [5.41, 5.74) is 3.72. The van der Waals surface area contributed by atoms with E-state index in [1.165, 1.54) is 0 Å². The second-order valence-electron chi connectivity index (χ2n) is 7.32. The van der Waals surface area contributed by atoms with Gasteiger partial charge in [-0.1, -0.05) is 24.3 Å². The van der Waals surface area contributed by atoms with Gasteiger partial charge >= 0.3 is 0 Å². The van der Waals surface area contributed by atoms with E-state index in [-0.39, 0.29) is 30.7 Å². The molecule has 2 aromatic carbocycles. The topological polar surface area (TPSA) is 84.9 Å². The van der Waals surface area contributed by atoms with Crippen LogP contribution in [0.5, 0.6) is 5.75 Å². The van der Waals surface area contributed by atoms with Crippen LogP contribution in [0.1, 0.15) is 11.1 Å². The molecule has 1 aliphatic heterocycles. The van der Waals surface area contributed by atoms with Crippen LogP contribution in [0.25, 0.3) is 0 Å². The molecule has 29 heavy (non-hydrogen) atoms. The molecule has 1 fully saturated rings. The van der Waals surface area contributed by atoms with Crippen LogP contribution in [0, 0.1) is 13.8 Å². The lowest BCUT2D eigenvalue weighted by Crippen LogP contribution is -2.50. The maximum atomic E-state index is 12.2. The number of piperazine rings is 1. The molecule has 7 heteroatoms. The first-order valence-electron chi connectivity index (χ1n) is 9.82. The third kappa shape index (κ3) is 5.48. The van der Waals surface area contributed by atoms with E-state index in [9.17, 15) is 14.7 Å². The van der Waals surface area contributed by atoms with Crippen molar-refractivity contribution in [3.05, 3.63) is 53.6 Å². The van der Waals surface area contributed by atoms with Crippen LogP contribution < -0.4 is 15.5 Å². The van der Waals surface area contributed by atoms with Crippen LogP contribution in [-0.4, -0.2) is 61.1 Å². The van der Waals surface area contributed by atoms with Gasteiger partial charge in [-0.3, -0.25) is 14.5 Å². The highest BCUT2D eigenvalue weighted by molar-refractivity contribution is 5.95. The quantitative estimate of drug-likeness (QED) is 0.694. The Kier molecular flexibility index (Phi) is 6.72. The standard InChI is InChI=1S/C22H28N4O3/c1-16-6-5-7-18(17(16)2)24-21(28)14-23-22(29)15-25-10-12-26(13-11-25)19-8-3-4-9-20(19)27/h3-9,27H,10-15H2,1-2H3,(H,23,29)(H,24,28). The van der Waals surface area contributed by atoms with E-state index in [4.69, 9.17) is 0 Å². The molecule has 0 saturated carbocycles.